The zero-order chi connectivity index (χ0) is 51.8. The van der Waals surface area contributed by atoms with Crippen LogP contribution in [0.2, 0.25) is 0 Å². The summed E-state index contributed by atoms with van der Waals surface area (Å²) in [7, 11) is 0. The lowest BCUT2D eigenvalue weighted by atomic mass is 9.78. The molecule has 370 valence electrons. The Morgan fingerprint density at radius 3 is 1.67 bits per heavy atom. The van der Waals surface area contributed by atoms with Crippen LogP contribution in [-0.2, 0) is 34.5 Å². The molecular formula is C74H62O2. The maximum absolute atomic E-state index is 6.89. The molecule has 15 rings (SSSR count). The van der Waals surface area contributed by atoms with E-state index in [2.05, 4.69) is 244 Å². The largest absolute Gasteiger partial charge is 0.456 e. The highest BCUT2D eigenvalue weighted by atomic mass is 16.3. The fraction of sp³-hybridized carbons (Fsp3) is 0.216. The Balaban J connectivity index is 0.815. The fourth-order valence-corrected chi connectivity index (χ4v) is 14.4. The van der Waals surface area contributed by atoms with Gasteiger partial charge >= 0.3 is 0 Å². The molecule has 0 amide bonds. The van der Waals surface area contributed by atoms with Crippen molar-refractivity contribution in [1.82, 2.24) is 0 Å². The minimum atomic E-state index is -0.237. The summed E-state index contributed by atoms with van der Waals surface area (Å²) in [4.78, 5) is 0. The molecule has 2 heteroatoms. The highest BCUT2D eigenvalue weighted by Crippen LogP contribution is 2.59. The molecule has 0 saturated carbocycles. The molecule has 10 aromatic carbocycles. The molecule has 76 heavy (non-hydrogen) atoms. The van der Waals surface area contributed by atoms with E-state index in [-0.39, 0.29) is 27.6 Å². The Kier molecular flexibility index (Phi) is 9.32. The summed E-state index contributed by atoms with van der Waals surface area (Å²) in [6, 6.07) is 69.1. The van der Waals surface area contributed by atoms with Crippen LogP contribution in [0.15, 0.2) is 191 Å². The number of hydrogen-bond donors (Lipinski definition) is 0. The summed E-state index contributed by atoms with van der Waals surface area (Å²) in [5.41, 5.74) is 27.6. The SMILES string of the molecule is CC(C)(C)c1ccc(C(Cc2ccc3c(c2)C(C)(C)c2cc4c(cc2-3)C(C)(C)c2ccc3oc5ccccc5c3c2-4)Cc2ccc3c(c2)C(C)(C)c2cc(-c4ccc5ccccc5c4)c4oc5ccccc5c4c2-3)cc1. The Hall–Kier alpha value is -7.94. The molecular weight excluding hydrogens is 921 g/mol. The van der Waals surface area contributed by atoms with E-state index in [1.165, 1.54) is 127 Å². The summed E-state index contributed by atoms with van der Waals surface area (Å²) >= 11 is 0. The van der Waals surface area contributed by atoms with Crippen LogP contribution in [0.5, 0.6) is 0 Å². The zero-order valence-electron chi connectivity index (χ0n) is 45.1. The van der Waals surface area contributed by atoms with Crippen molar-refractivity contribution < 1.29 is 8.83 Å². The van der Waals surface area contributed by atoms with Gasteiger partial charge in [-0.3, -0.25) is 0 Å². The number of furan rings is 2. The molecule has 12 aromatic rings. The first-order chi connectivity index (χ1) is 36.5. The first-order valence-electron chi connectivity index (χ1n) is 27.5. The van der Waals surface area contributed by atoms with Crippen LogP contribution in [0.3, 0.4) is 0 Å². The van der Waals surface area contributed by atoms with Gasteiger partial charge in [0.05, 0.1) is 0 Å². The molecule has 2 heterocycles. The van der Waals surface area contributed by atoms with Crippen LogP contribution < -0.4 is 0 Å². The lowest BCUT2D eigenvalue weighted by Gasteiger charge is -2.25. The second-order valence-corrected chi connectivity index (χ2v) is 25.2. The third-order valence-electron chi connectivity index (χ3n) is 18.7. The predicted molar refractivity (Wildman–Crippen MR) is 318 cm³/mol. The van der Waals surface area contributed by atoms with Crippen LogP contribution in [0.1, 0.15) is 124 Å². The van der Waals surface area contributed by atoms with Crippen molar-refractivity contribution in [1.29, 1.82) is 0 Å². The van der Waals surface area contributed by atoms with Crippen LogP contribution in [0.25, 0.3) is 99.2 Å². The van der Waals surface area contributed by atoms with Gasteiger partial charge in [0, 0.05) is 43.4 Å². The van der Waals surface area contributed by atoms with Crippen LogP contribution in [-0.4, -0.2) is 0 Å². The molecule has 0 N–H and O–H groups in total. The maximum atomic E-state index is 6.89. The fourth-order valence-electron chi connectivity index (χ4n) is 14.4. The monoisotopic (exact) mass is 982 g/mol. The number of benzene rings is 10. The van der Waals surface area contributed by atoms with E-state index in [1.807, 2.05) is 0 Å². The minimum absolute atomic E-state index is 0.0743. The number of para-hydroxylation sites is 2. The summed E-state index contributed by atoms with van der Waals surface area (Å²) < 4.78 is 13.4. The molecule has 1 unspecified atom stereocenters. The minimum Gasteiger partial charge on any atom is -0.456 e. The van der Waals surface area contributed by atoms with E-state index >= 15 is 0 Å². The van der Waals surface area contributed by atoms with Crippen LogP contribution >= 0.6 is 0 Å². The lowest BCUT2D eigenvalue weighted by Crippen LogP contribution is -2.17. The normalized spacial score (nSPS) is 15.8. The summed E-state index contributed by atoms with van der Waals surface area (Å²) in [6.07, 6.45) is 1.87. The van der Waals surface area contributed by atoms with Gasteiger partial charge in [-0.15, -0.1) is 0 Å². The Bertz CT molecular complexity index is 4460. The lowest BCUT2D eigenvalue weighted by molar-refractivity contribution is 0.588. The second kappa shape index (κ2) is 15.6. The Morgan fingerprint density at radius 1 is 0.395 bits per heavy atom. The van der Waals surface area contributed by atoms with Crippen molar-refractivity contribution >= 4 is 54.6 Å². The molecule has 0 saturated heterocycles. The van der Waals surface area contributed by atoms with Gasteiger partial charge in [-0.25, -0.2) is 0 Å². The van der Waals surface area contributed by atoms with Gasteiger partial charge in [-0.05, 0) is 172 Å². The van der Waals surface area contributed by atoms with E-state index in [0.29, 0.717) is 0 Å². The summed E-state index contributed by atoms with van der Waals surface area (Å²) in [5.74, 6) is 0.265. The average Bonchev–Trinajstić information content (AvgIpc) is 4.31. The van der Waals surface area contributed by atoms with Crippen molar-refractivity contribution in [2.45, 2.75) is 103 Å². The van der Waals surface area contributed by atoms with Crippen molar-refractivity contribution in [3.63, 3.8) is 0 Å². The van der Waals surface area contributed by atoms with Crippen molar-refractivity contribution in [3.05, 3.63) is 238 Å². The molecule has 2 nitrogen and oxygen atoms in total. The quantitative estimate of drug-likeness (QED) is 0.166. The van der Waals surface area contributed by atoms with Gasteiger partial charge in [0.25, 0.3) is 0 Å². The zero-order valence-corrected chi connectivity index (χ0v) is 45.1. The van der Waals surface area contributed by atoms with Crippen molar-refractivity contribution in [2.24, 2.45) is 0 Å². The molecule has 1 atom stereocenters. The van der Waals surface area contributed by atoms with Crippen molar-refractivity contribution in [2.75, 3.05) is 0 Å². The molecule has 3 aliphatic rings. The average molecular weight is 983 g/mol. The standard InChI is InChI=1S/C74H62O2/c1-71(2,3)49-28-26-45(27-29-49)48(34-42-22-30-50-55-40-61-56(41-60(55)73(6,7)58(50)36-42)67-57(72(61,4)5)32-33-65-68(67)52-18-12-14-20-63(52)75-65)35-43-23-31-51-59(37-43)74(8,9)62-39-54(47-25-24-44-16-10-11-17-46(44)38-47)70-69(66(51)62)53-19-13-15-21-64(53)76-70/h10-33,36-41,48H,34-35H2,1-9H3. The van der Waals surface area contributed by atoms with Crippen LogP contribution in [0, 0.1) is 0 Å². The maximum Gasteiger partial charge on any atom is 0.143 e. The Labute approximate surface area is 446 Å². The predicted octanol–water partition coefficient (Wildman–Crippen LogP) is 20.1. The van der Waals surface area contributed by atoms with E-state index < -0.39 is 0 Å². The van der Waals surface area contributed by atoms with E-state index in [0.717, 1.165) is 40.7 Å². The summed E-state index contributed by atoms with van der Waals surface area (Å²) in [5, 5.41) is 7.30. The highest BCUT2D eigenvalue weighted by Gasteiger charge is 2.44. The van der Waals surface area contributed by atoms with Gasteiger partial charge in [-0.1, -0.05) is 202 Å². The molecule has 0 aliphatic heterocycles. The summed E-state index contributed by atoms with van der Waals surface area (Å²) in [6.45, 7) is 21.5. The van der Waals surface area contributed by atoms with Gasteiger partial charge in [0.2, 0.25) is 0 Å². The molecule has 0 bridgehead atoms. The van der Waals surface area contributed by atoms with Crippen molar-refractivity contribution in [3.8, 4) is 44.5 Å². The molecule has 2 aromatic heterocycles. The molecule has 3 aliphatic carbocycles. The third-order valence-corrected chi connectivity index (χ3v) is 18.7. The van der Waals surface area contributed by atoms with E-state index in [4.69, 9.17) is 8.83 Å². The first-order valence-corrected chi connectivity index (χ1v) is 27.5. The topological polar surface area (TPSA) is 26.3 Å². The molecule has 0 fully saturated rings. The number of fused-ring (bicyclic) bond motifs is 18. The first kappa shape index (κ1) is 45.5. The third kappa shape index (κ3) is 6.40. The van der Waals surface area contributed by atoms with Gasteiger partial charge < -0.3 is 8.83 Å². The Morgan fingerprint density at radius 2 is 0.947 bits per heavy atom. The highest BCUT2D eigenvalue weighted by molar-refractivity contribution is 6.19. The van der Waals surface area contributed by atoms with E-state index in [9.17, 15) is 0 Å². The number of hydrogen-bond acceptors (Lipinski definition) is 2. The second-order valence-electron chi connectivity index (χ2n) is 25.2. The molecule has 0 radical (unpaired) electrons. The van der Waals surface area contributed by atoms with Gasteiger partial charge in [0.15, 0.2) is 0 Å². The van der Waals surface area contributed by atoms with E-state index in [1.54, 1.807) is 0 Å². The number of rotatable bonds is 6. The van der Waals surface area contributed by atoms with Crippen LogP contribution in [0.4, 0.5) is 0 Å². The molecule has 0 spiro atoms. The van der Waals surface area contributed by atoms with Gasteiger partial charge in [-0.2, -0.15) is 0 Å². The smallest absolute Gasteiger partial charge is 0.143 e. The van der Waals surface area contributed by atoms with Gasteiger partial charge in [0.1, 0.15) is 22.3 Å².